The van der Waals surface area contributed by atoms with Crippen molar-refractivity contribution in [2.45, 2.75) is 18.9 Å². The van der Waals surface area contributed by atoms with Crippen molar-refractivity contribution in [1.29, 1.82) is 0 Å². The largest absolute Gasteiger partial charge is 0.496 e. The molecule has 28 heavy (non-hydrogen) atoms. The Kier molecular flexibility index (Phi) is 4.96. The van der Waals surface area contributed by atoms with Crippen molar-refractivity contribution >= 4 is 40.0 Å². The van der Waals surface area contributed by atoms with Gasteiger partial charge in [0, 0.05) is 28.7 Å². The third kappa shape index (κ3) is 3.31. The summed E-state index contributed by atoms with van der Waals surface area (Å²) < 4.78 is 5.30. The number of hydrogen-bond acceptors (Lipinski definition) is 3. The summed E-state index contributed by atoms with van der Waals surface area (Å²) in [6.07, 6.45) is 3.21. The van der Waals surface area contributed by atoms with Gasteiger partial charge in [0.2, 0.25) is 5.91 Å². The lowest BCUT2D eigenvalue weighted by molar-refractivity contribution is -0.119. The summed E-state index contributed by atoms with van der Waals surface area (Å²) in [6, 6.07) is 12.0. The van der Waals surface area contributed by atoms with Crippen LogP contribution in [0.2, 0.25) is 5.02 Å². The molecular weight excluding hydrogens is 378 g/mol. The third-order valence-corrected chi connectivity index (χ3v) is 5.30. The van der Waals surface area contributed by atoms with Gasteiger partial charge in [-0.2, -0.15) is 0 Å². The minimum atomic E-state index is -0.537. The molecule has 0 radical (unpaired) electrons. The van der Waals surface area contributed by atoms with Crippen LogP contribution in [-0.4, -0.2) is 41.4 Å². The van der Waals surface area contributed by atoms with Gasteiger partial charge in [-0.25, -0.2) is 0 Å². The lowest BCUT2D eigenvalue weighted by Crippen LogP contribution is -2.43. The fraction of sp³-hybridized carbons (Fsp3) is 0.238. The maximum Gasteiger partial charge on any atom is 0.258 e. The van der Waals surface area contributed by atoms with Gasteiger partial charge in [-0.15, -0.1) is 0 Å². The molecule has 7 heteroatoms. The number of likely N-dealkylation sites (tertiary alicyclic amines) is 1. The number of halogens is 1. The molecule has 1 atom stereocenters. The second-order valence-corrected chi connectivity index (χ2v) is 7.17. The van der Waals surface area contributed by atoms with Gasteiger partial charge in [-0.1, -0.05) is 17.7 Å². The molecule has 144 valence electrons. The Labute approximate surface area is 167 Å². The molecule has 1 fully saturated rings. The second kappa shape index (κ2) is 7.56. The Morgan fingerprint density at radius 3 is 2.93 bits per heavy atom. The van der Waals surface area contributed by atoms with E-state index < -0.39 is 6.04 Å². The topological polar surface area (TPSA) is 74.4 Å². The number of H-pyrrole nitrogens is 1. The molecule has 2 N–H and O–H groups in total. The molecule has 6 nitrogen and oxygen atoms in total. The molecule has 3 aromatic rings. The lowest BCUT2D eigenvalue weighted by Gasteiger charge is -2.25. The number of amides is 2. The number of ether oxygens (including phenoxy) is 1. The summed E-state index contributed by atoms with van der Waals surface area (Å²) in [5.41, 5.74) is 2.03. The van der Waals surface area contributed by atoms with Crippen LogP contribution in [0, 0.1) is 0 Å². The standard InChI is InChI=1S/C21H20ClN3O3/c1-28-19-8-7-13(22)12-15(19)21(27)25-11-3-6-18(25)20(26)24-17-5-2-4-16-14(17)9-10-23-16/h2,4-5,7-10,12,18,23H,3,6,11H2,1H3,(H,24,26). The van der Waals surface area contributed by atoms with Crippen molar-refractivity contribution in [3.05, 3.63) is 59.2 Å². The Bertz CT molecular complexity index is 1050. The molecule has 0 saturated carbocycles. The monoisotopic (exact) mass is 397 g/mol. The average Bonchev–Trinajstić information content (AvgIpc) is 3.37. The van der Waals surface area contributed by atoms with Gasteiger partial charge < -0.3 is 19.9 Å². The number of benzene rings is 2. The molecule has 2 aromatic carbocycles. The highest BCUT2D eigenvalue weighted by molar-refractivity contribution is 6.31. The number of fused-ring (bicyclic) bond motifs is 1. The Hall–Kier alpha value is -2.99. The van der Waals surface area contributed by atoms with Crippen LogP contribution in [0.4, 0.5) is 5.69 Å². The molecule has 0 bridgehead atoms. The smallest absolute Gasteiger partial charge is 0.258 e. The van der Waals surface area contributed by atoms with E-state index in [9.17, 15) is 9.59 Å². The predicted molar refractivity (Wildman–Crippen MR) is 109 cm³/mol. The number of hydrogen-bond donors (Lipinski definition) is 2. The highest BCUT2D eigenvalue weighted by Gasteiger charge is 2.35. The van der Waals surface area contributed by atoms with Gasteiger partial charge in [0.1, 0.15) is 11.8 Å². The fourth-order valence-corrected chi connectivity index (χ4v) is 3.87. The van der Waals surface area contributed by atoms with E-state index in [0.717, 1.165) is 23.0 Å². The van der Waals surface area contributed by atoms with Crippen LogP contribution in [0.1, 0.15) is 23.2 Å². The molecule has 1 saturated heterocycles. The molecule has 1 aromatic heterocycles. The number of aromatic amines is 1. The maximum absolute atomic E-state index is 13.1. The molecule has 2 amide bonds. The molecule has 1 aliphatic rings. The number of anilines is 1. The van der Waals surface area contributed by atoms with Crippen LogP contribution < -0.4 is 10.1 Å². The zero-order valence-corrected chi connectivity index (χ0v) is 16.1. The Balaban J connectivity index is 1.58. The number of rotatable bonds is 4. The quantitative estimate of drug-likeness (QED) is 0.696. The molecular formula is C21H20ClN3O3. The van der Waals surface area contributed by atoms with E-state index in [-0.39, 0.29) is 11.8 Å². The summed E-state index contributed by atoms with van der Waals surface area (Å²) in [6.45, 7) is 0.515. The zero-order valence-electron chi connectivity index (χ0n) is 15.4. The Morgan fingerprint density at radius 1 is 1.25 bits per heavy atom. The van der Waals surface area contributed by atoms with Crippen LogP contribution >= 0.6 is 11.6 Å². The minimum absolute atomic E-state index is 0.194. The number of nitrogens with zero attached hydrogens (tertiary/aromatic N) is 1. The van der Waals surface area contributed by atoms with E-state index >= 15 is 0 Å². The van der Waals surface area contributed by atoms with Crippen LogP contribution in [0.15, 0.2) is 48.7 Å². The zero-order chi connectivity index (χ0) is 19.7. The van der Waals surface area contributed by atoms with E-state index in [2.05, 4.69) is 10.3 Å². The summed E-state index contributed by atoms with van der Waals surface area (Å²) in [5, 5.41) is 4.36. The highest BCUT2D eigenvalue weighted by Crippen LogP contribution is 2.29. The molecule has 0 aliphatic carbocycles. The highest BCUT2D eigenvalue weighted by atomic mass is 35.5. The predicted octanol–water partition coefficient (Wildman–Crippen LogP) is 4.07. The van der Waals surface area contributed by atoms with Crippen LogP contribution in [0.3, 0.4) is 0 Å². The molecule has 1 unspecified atom stereocenters. The number of carbonyl (C=O) groups is 2. The van der Waals surface area contributed by atoms with Crippen molar-refractivity contribution in [3.8, 4) is 5.75 Å². The first-order valence-corrected chi connectivity index (χ1v) is 9.48. The van der Waals surface area contributed by atoms with Crippen LogP contribution in [0.25, 0.3) is 10.9 Å². The number of methoxy groups -OCH3 is 1. The van der Waals surface area contributed by atoms with Crippen molar-refractivity contribution in [2.75, 3.05) is 19.0 Å². The SMILES string of the molecule is COc1ccc(Cl)cc1C(=O)N1CCCC1C(=O)Nc1cccc2[nH]ccc12. The van der Waals surface area contributed by atoms with E-state index in [1.807, 2.05) is 30.5 Å². The Morgan fingerprint density at radius 2 is 2.11 bits per heavy atom. The molecule has 1 aliphatic heterocycles. The summed E-state index contributed by atoms with van der Waals surface area (Å²) in [7, 11) is 1.51. The van der Waals surface area contributed by atoms with Gasteiger partial charge in [0.05, 0.1) is 18.4 Å². The summed E-state index contributed by atoms with van der Waals surface area (Å²) in [5.74, 6) is -0.00468. The van der Waals surface area contributed by atoms with Crippen molar-refractivity contribution < 1.29 is 14.3 Å². The normalized spacial score (nSPS) is 16.4. The number of aromatic nitrogens is 1. The summed E-state index contributed by atoms with van der Waals surface area (Å²) in [4.78, 5) is 30.8. The molecule has 2 heterocycles. The second-order valence-electron chi connectivity index (χ2n) is 6.73. The first kappa shape index (κ1) is 18.4. The first-order valence-electron chi connectivity index (χ1n) is 9.10. The van der Waals surface area contributed by atoms with Crippen LogP contribution in [-0.2, 0) is 4.79 Å². The maximum atomic E-state index is 13.1. The van der Waals surface area contributed by atoms with Gasteiger partial charge in [0.25, 0.3) is 5.91 Å². The first-order chi connectivity index (χ1) is 13.6. The number of nitrogens with one attached hydrogen (secondary N) is 2. The third-order valence-electron chi connectivity index (χ3n) is 5.06. The van der Waals surface area contributed by atoms with E-state index in [4.69, 9.17) is 16.3 Å². The minimum Gasteiger partial charge on any atom is -0.496 e. The number of carbonyl (C=O) groups excluding carboxylic acids is 2. The molecule has 4 rings (SSSR count). The van der Waals surface area contributed by atoms with Crippen molar-refractivity contribution in [1.82, 2.24) is 9.88 Å². The molecule has 0 spiro atoms. The van der Waals surface area contributed by atoms with Gasteiger partial charge >= 0.3 is 0 Å². The van der Waals surface area contributed by atoms with E-state index in [1.54, 1.807) is 23.1 Å². The lowest BCUT2D eigenvalue weighted by atomic mass is 10.1. The summed E-state index contributed by atoms with van der Waals surface area (Å²) >= 11 is 6.07. The van der Waals surface area contributed by atoms with Crippen molar-refractivity contribution in [2.24, 2.45) is 0 Å². The average molecular weight is 398 g/mol. The van der Waals surface area contributed by atoms with E-state index in [0.29, 0.717) is 29.3 Å². The fourth-order valence-electron chi connectivity index (χ4n) is 3.69. The van der Waals surface area contributed by atoms with Crippen molar-refractivity contribution in [3.63, 3.8) is 0 Å². The van der Waals surface area contributed by atoms with E-state index in [1.165, 1.54) is 7.11 Å². The van der Waals surface area contributed by atoms with Gasteiger partial charge in [-0.05, 0) is 49.2 Å². The van der Waals surface area contributed by atoms with Gasteiger partial charge in [0.15, 0.2) is 0 Å². The van der Waals surface area contributed by atoms with Gasteiger partial charge in [-0.3, -0.25) is 9.59 Å². The van der Waals surface area contributed by atoms with Crippen LogP contribution in [0.5, 0.6) is 5.75 Å².